The maximum absolute atomic E-state index is 11.6. The molecule has 21 heavy (non-hydrogen) atoms. The molecule has 7 heteroatoms. The van der Waals surface area contributed by atoms with Crippen LogP contribution in [0.25, 0.3) is 21.6 Å². The van der Waals surface area contributed by atoms with Gasteiger partial charge in [-0.3, -0.25) is 5.10 Å². The third kappa shape index (κ3) is 2.26. The number of fused-ring (bicyclic) bond motifs is 1. The minimum Gasteiger partial charge on any atom is -0.277 e. The first-order valence-corrected chi connectivity index (χ1v) is 9.42. The van der Waals surface area contributed by atoms with Gasteiger partial charge in [-0.15, -0.1) is 11.3 Å². The number of hydrogen-bond acceptors (Lipinski definition) is 5. The molecule has 0 radical (unpaired) electrons. The summed E-state index contributed by atoms with van der Waals surface area (Å²) in [6.07, 6.45) is 0.673. The van der Waals surface area contributed by atoms with Crippen molar-refractivity contribution in [3.8, 4) is 10.7 Å². The molecule has 0 bridgehead atoms. The zero-order valence-electron chi connectivity index (χ0n) is 11.1. The van der Waals surface area contributed by atoms with E-state index >= 15 is 0 Å². The van der Waals surface area contributed by atoms with Crippen LogP contribution in [0.1, 0.15) is 18.0 Å². The van der Waals surface area contributed by atoms with Crippen LogP contribution in [0.3, 0.4) is 0 Å². The molecule has 108 valence electrons. The molecule has 0 aliphatic carbocycles. The fourth-order valence-electron chi connectivity index (χ4n) is 2.74. The van der Waals surface area contributed by atoms with Crippen molar-refractivity contribution >= 4 is 32.1 Å². The van der Waals surface area contributed by atoms with Crippen LogP contribution < -0.4 is 0 Å². The van der Waals surface area contributed by atoms with Gasteiger partial charge in [0, 0.05) is 16.7 Å². The topological polar surface area (TPSA) is 75.7 Å². The van der Waals surface area contributed by atoms with Gasteiger partial charge < -0.3 is 0 Å². The molecule has 0 amide bonds. The van der Waals surface area contributed by atoms with Gasteiger partial charge >= 0.3 is 0 Å². The standard InChI is InChI=1S/C14H13N3O2S2/c18-21(19)6-5-9(8-21)12-7-20-14(15-12)13-10-3-1-2-4-11(10)16-17-13/h1-4,7,9H,5-6,8H2,(H,16,17). The van der Waals surface area contributed by atoms with Crippen molar-refractivity contribution in [1.29, 1.82) is 0 Å². The number of benzene rings is 1. The summed E-state index contributed by atoms with van der Waals surface area (Å²) in [5, 5.41) is 11.2. The van der Waals surface area contributed by atoms with Crippen molar-refractivity contribution in [2.75, 3.05) is 11.5 Å². The van der Waals surface area contributed by atoms with E-state index in [9.17, 15) is 8.42 Å². The van der Waals surface area contributed by atoms with Crippen LogP contribution in [-0.4, -0.2) is 35.1 Å². The lowest BCUT2D eigenvalue weighted by atomic mass is 10.1. The van der Waals surface area contributed by atoms with E-state index in [-0.39, 0.29) is 17.4 Å². The first kappa shape index (κ1) is 13.0. The number of aromatic nitrogens is 3. The summed E-state index contributed by atoms with van der Waals surface area (Å²) in [4.78, 5) is 4.62. The maximum atomic E-state index is 11.6. The molecule has 0 saturated carbocycles. The zero-order valence-corrected chi connectivity index (χ0v) is 12.7. The fraction of sp³-hybridized carbons (Fsp3) is 0.286. The highest BCUT2D eigenvalue weighted by atomic mass is 32.2. The average molecular weight is 319 g/mol. The Labute approximate surface area is 126 Å². The third-order valence-corrected chi connectivity index (χ3v) is 6.48. The summed E-state index contributed by atoms with van der Waals surface area (Å²) in [6, 6.07) is 7.92. The lowest BCUT2D eigenvalue weighted by Crippen LogP contribution is -2.03. The van der Waals surface area contributed by atoms with E-state index in [4.69, 9.17) is 0 Å². The minimum atomic E-state index is -2.88. The Morgan fingerprint density at radius 2 is 2.14 bits per heavy atom. The number of rotatable bonds is 2. The van der Waals surface area contributed by atoms with Crippen molar-refractivity contribution in [1.82, 2.24) is 15.2 Å². The van der Waals surface area contributed by atoms with E-state index in [2.05, 4.69) is 15.2 Å². The van der Waals surface area contributed by atoms with Gasteiger partial charge in [0.2, 0.25) is 0 Å². The van der Waals surface area contributed by atoms with E-state index in [0.717, 1.165) is 27.3 Å². The van der Waals surface area contributed by atoms with Crippen molar-refractivity contribution in [2.45, 2.75) is 12.3 Å². The first-order chi connectivity index (χ1) is 10.1. The van der Waals surface area contributed by atoms with Crippen molar-refractivity contribution in [2.24, 2.45) is 0 Å². The lowest BCUT2D eigenvalue weighted by molar-refractivity contribution is 0.601. The van der Waals surface area contributed by atoms with E-state index in [1.165, 1.54) is 11.3 Å². The van der Waals surface area contributed by atoms with Gasteiger partial charge in [0.1, 0.15) is 10.7 Å². The molecule has 1 fully saturated rings. The van der Waals surface area contributed by atoms with Crippen LogP contribution in [-0.2, 0) is 9.84 Å². The molecule has 1 aliphatic rings. The normalized spacial score (nSPS) is 21.0. The maximum Gasteiger partial charge on any atom is 0.151 e. The molecular weight excluding hydrogens is 306 g/mol. The first-order valence-electron chi connectivity index (χ1n) is 6.72. The Morgan fingerprint density at radius 3 is 2.95 bits per heavy atom. The number of hydrogen-bond donors (Lipinski definition) is 1. The second-order valence-electron chi connectivity index (χ2n) is 5.30. The Morgan fingerprint density at radius 1 is 1.29 bits per heavy atom. The molecule has 1 saturated heterocycles. The van der Waals surface area contributed by atoms with E-state index in [1.807, 2.05) is 29.6 Å². The highest BCUT2D eigenvalue weighted by Crippen LogP contribution is 2.34. The van der Waals surface area contributed by atoms with Gasteiger partial charge in [0.15, 0.2) is 9.84 Å². The van der Waals surface area contributed by atoms with Crippen LogP contribution in [0.5, 0.6) is 0 Å². The molecule has 1 N–H and O–H groups in total. The molecule has 5 nitrogen and oxygen atoms in total. The van der Waals surface area contributed by atoms with Crippen LogP contribution in [0, 0.1) is 0 Å². The monoisotopic (exact) mass is 319 g/mol. The molecule has 2 aromatic heterocycles. The second kappa shape index (κ2) is 4.64. The van der Waals surface area contributed by atoms with E-state index in [0.29, 0.717) is 6.42 Å². The summed E-state index contributed by atoms with van der Waals surface area (Å²) < 4.78 is 23.2. The van der Waals surface area contributed by atoms with E-state index < -0.39 is 9.84 Å². The number of H-pyrrole nitrogens is 1. The summed E-state index contributed by atoms with van der Waals surface area (Å²) >= 11 is 1.52. The molecular formula is C14H13N3O2S2. The van der Waals surface area contributed by atoms with Crippen molar-refractivity contribution in [3.05, 3.63) is 35.3 Å². The molecule has 3 aromatic rings. The van der Waals surface area contributed by atoms with Crippen LogP contribution in [0.2, 0.25) is 0 Å². The summed E-state index contributed by atoms with van der Waals surface area (Å²) in [6.45, 7) is 0. The highest BCUT2D eigenvalue weighted by Gasteiger charge is 2.30. The largest absolute Gasteiger partial charge is 0.277 e. The molecule has 4 rings (SSSR count). The van der Waals surface area contributed by atoms with Gasteiger partial charge in [-0.25, -0.2) is 13.4 Å². The molecule has 1 aliphatic heterocycles. The summed E-state index contributed by atoms with van der Waals surface area (Å²) in [7, 11) is -2.88. The van der Waals surface area contributed by atoms with E-state index in [1.54, 1.807) is 0 Å². The van der Waals surface area contributed by atoms with Gasteiger partial charge in [0.25, 0.3) is 0 Å². The van der Waals surface area contributed by atoms with Gasteiger partial charge in [-0.05, 0) is 12.5 Å². The summed E-state index contributed by atoms with van der Waals surface area (Å²) in [5.74, 6) is 0.526. The average Bonchev–Trinajstić information content (AvgIpc) is 3.15. The lowest BCUT2D eigenvalue weighted by Gasteiger charge is -2.01. The highest BCUT2D eigenvalue weighted by molar-refractivity contribution is 7.91. The molecule has 1 aromatic carbocycles. The number of nitrogens with one attached hydrogen (secondary N) is 1. The number of sulfone groups is 1. The van der Waals surface area contributed by atoms with Gasteiger partial charge in [-0.1, -0.05) is 18.2 Å². The SMILES string of the molecule is O=S1(=O)CCC(c2csc(-c3n[nH]c4ccccc34)n2)C1. The van der Waals surface area contributed by atoms with Crippen LogP contribution >= 0.6 is 11.3 Å². The van der Waals surface area contributed by atoms with Crippen LogP contribution in [0.4, 0.5) is 0 Å². The Balaban J connectivity index is 1.72. The molecule has 0 spiro atoms. The van der Waals surface area contributed by atoms with Crippen molar-refractivity contribution in [3.63, 3.8) is 0 Å². The Hall–Kier alpha value is -1.73. The number of nitrogens with zero attached hydrogens (tertiary/aromatic N) is 2. The molecule has 1 unspecified atom stereocenters. The number of aromatic amines is 1. The Bertz CT molecular complexity index is 911. The smallest absolute Gasteiger partial charge is 0.151 e. The predicted octanol–water partition coefficient (Wildman–Crippen LogP) is 2.59. The fourth-order valence-corrected chi connectivity index (χ4v) is 5.40. The quantitative estimate of drug-likeness (QED) is 0.788. The van der Waals surface area contributed by atoms with Crippen LogP contribution in [0.15, 0.2) is 29.6 Å². The molecule has 3 heterocycles. The third-order valence-electron chi connectivity index (χ3n) is 3.85. The summed E-state index contributed by atoms with van der Waals surface area (Å²) in [5.41, 5.74) is 2.69. The van der Waals surface area contributed by atoms with Gasteiger partial charge in [-0.2, -0.15) is 5.10 Å². The Kier molecular flexibility index (Phi) is 2.87. The zero-order chi connectivity index (χ0) is 14.4. The van der Waals surface area contributed by atoms with Crippen molar-refractivity contribution < 1.29 is 8.42 Å². The number of para-hydroxylation sites is 1. The molecule has 1 atom stereocenters. The number of thiazole rings is 1. The minimum absolute atomic E-state index is 0.0326. The predicted molar refractivity (Wildman–Crippen MR) is 83.2 cm³/mol. The second-order valence-corrected chi connectivity index (χ2v) is 8.38. The van der Waals surface area contributed by atoms with Gasteiger partial charge in [0.05, 0.1) is 22.7 Å².